The molecule has 1 N–H and O–H groups in total. The Morgan fingerprint density at radius 3 is 2.65 bits per heavy atom. The molecule has 2 aromatic rings. The van der Waals surface area contributed by atoms with Crippen molar-refractivity contribution in [2.45, 2.75) is 24.5 Å². The van der Waals surface area contributed by atoms with Crippen LogP contribution in [0.15, 0.2) is 45.9 Å². The highest BCUT2D eigenvalue weighted by Crippen LogP contribution is 2.25. The first-order valence-electron chi connectivity index (χ1n) is 6.36. The summed E-state index contributed by atoms with van der Waals surface area (Å²) in [5.74, 6) is 0.715. The Morgan fingerprint density at radius 1 is 1.20 bits per heavy atom. The van der Waals surface area contributed by atoms with Crippen molar-refractivity contribution in [1.29, 1.82) is 0 Å². The van der Waals surface area contributed by atoms with Crippen LogP contribution in [-0.4, -0.2) is 24.4 Å². The number of hydrogen-bond donors (Lipinski definition) is 1. The highest BCUT2D eigenvalue weighted by Gasteiger charge is 2.29. The smallest absolute Gasteiger partial charge is 0.243 e. The fourth-order valence-electron chi connectivity index (χ4n) is 2.33. The normalized spacial score (nSPS) is 16.1. The quantitative estimate of drug-likeness (QED) is 0.931. The highest BCUT2D eigenvalue weighted by atomic mass is 32.2. The van der Waals surface area contributed by atoms with Gasteiger partial charge in [0.05, 0.1) is 24.3 Å². The van der Waals surface area contributed by atoms with Crippen LogP contribution in [0.3, 0.4) is 0 Å². The summed E-state index contributed by atoms with van der Waals surface area (Å²) in [6.45, 7) is 0.628. The van der Waals surface area contributed by atoms with E-state index in [9.17, 15) is 8.42 Å². The largest absolute Gasteiger partial charge is 0.468 e. The Hall–Kier alpha value is -1.63. The van der Waals surface area contributed by atoms with Gasteiger partial charge >= 0.3 is 0 Å². The summed E-state index contributed by atoms with van der Waals surface area (Å²) in [5, 5.41) is 8.99. The van der Waals surface area contributed by atoms with Crippen LogP contribution in [0.25, 0.3) is 0 Å². The summed E-state index contributed by atoms with van der Waals surface area (Å²) in [5.41, 5.74) is 1.77. The summed E-state index contributed by atoms with van der Waals surface area (Å²) in [6, 6.07) is 8.18. The van der Waals surface area contributed by atoms with Crippen molar-refractivity contribution in [2.24, 2.45) is 0 Å². The summed E-state index contributed by atoms with van der Waals surface area (Å²) in [4.78, 5) is 0.240. The van der Waals surface area contributed by atoms with Crippen LogP contribution in [0.2, 0.25) is 0 Å². The number of aliphatic hydroxyl groups excluding tert-OH is 1. The van der Waals surface area contributed by atoms with Crippen LogP contribution in [0.5, 0.6) is 0 Å². The minimum Gasteiger partial charge on any atom is -0.468 e. The highest BCUT2D eigenvalue weighted by molar-refractivity contribution is 7.89. The zero-order valence-corrected chi connectivity index (χ0v) is 11.6. The van der Waals surface area contributed by atoms with Crippen molar-refractivity contribution < 1.29 is 17.9 Å². The number of fused-ring (bicyclic) bond motifs is 1. The topological polar surface area (TPSA) is 70.8 Å². The summed E-state index contributed by atoms with van der Waals surface area (Å²) < 4.78 is 31.8. The molecule has 0 saturated carbocycles. The lowest BCUT2D eigenvalue weighted by molar-refractivity contribution is 0.281. The molecule has 3 rings (SSSR count). The number of rotatable bonds is 3. The lowest BCUT2D eigenvalue weighted by Crippen LogP contribution is -2.35. The molecule has 0 aliphatic carbocycles. The Balaban J connectivity index is 1.88. The van der Waals surface area contributed by atoms with Gasteiger partial charge in [0.2, 0.25) is 10.0 Å². The SMILES string of the molecule is O=S(=O)(c1ccc(CO)cc1)N1CCc2ccoc2C1. The minimum absolute atomic E-state index is 0.0974. The molecule has 1 aromatic carbocycles. The maximum atomic E-state index is 12.5. The maximum Gasteiger partial charge on any atom is 0.243 e. The number of benzene rings is 1. The molecule has 20 heavy (non-hydrogen) atoms. The molecule has 0 amide bonds. The van der Waals surface area contributed by atoms with Gasteiger partial charge in [-0.1, -0.05) is 12.1 Å². The van der Waals surface area contributed by atoms with Crippen molar-refractivity contribution in [3.05, 3.63) is 53.5 Å². The first-order valence-corrected chi connectivity index (χ1v) is 7.80. The van der Waals surface area contributed by atoms with Crippen molar-refractivity contribution in [2.75, 3.05) is 6.54 Å². The Labute approximate surface area is 117 Å². The average molecular weight is 293 g/mol. The zero-order chi connectivity index (χ0) is 14.2. The fraction of sp³-hybridized carbons (Fsp3) is 0.286. The molecular formula is C14H15NO4S. The average Bonchev–Trinajstić information content (AvgIpc) is 2.94. The van der Waals surface area contributed by atoms with Gasteiger partial charge in [-0.15, -0.1) is 0 Å². The van der Waals surface area contributed by atoms with Crippen LogP contribution in [0.4, 0.5) is 0 Å². The van der Waals surface area contributed by atoms with E-state index in [1.807, 2.05) is 6.07 Å². The first-order chi connectivity index (χ1) is 9.61. The standard InChI is InChI=1S/C14H15NO4S/c16-10-11-1-3-13(4-2-11)20(17,18)15-7-5-12-6-8-19-14(12)9-15/h1-4,6,8,16H,5,7,9-10H2. The number of hydrogen-bond acceptors (Lipinski definition) is 4. The number of furan rings is 1. The van der Waals surface area contributed by atoms with Crippen LogP contribution in [-0.2, 0) is 29.6 Å². The molecule has 106 valence electrons. The van der Waals surface area contributed by atoms with E-state index in [1.165, 1.54) is 16.4 Å². The molecule has 0 saturated heterocycles. The summed E-state index contributed by atoms with van der Waals surface area (Å²) >= 11 is 0. The fourth-order valence-corrected chi connectivity index (χ4v) is 3.73. The molecule has 0 spiro atoms. The third kappa shape index (κ3) is 2.26. The van der Waals surface area contributed by atoms with Gasteiger partial charge in [-0.2, -0.15) is 4.31 Å². The molecular weight excluding hydrogens is 278 g/mol. The predicted molar refractivity (Wildman–Crippen MR) is 72.4 cm³/mol. The minimum atomic E-state index is -3.52. The van der Waals surface area contributed by atoms with Gasteiger partial charge in [0.15, 0.2) is 0 Å². The van der Waals surface area contributed by atoms with Gasteiger partial charge in [0.25, 0.3) is 0 Å². The summed E-state index contributed by atoms with van der Waals surface area (Å²) in [6.07, 6.45) is 2.26. The lowest BCUT2D eigenvalue weighted by Gasteiger charge is -2.25. The second-order valence-corrected chi connectivity index (χ2v) is 6.70. The van der Waals surface area contributed by atoms with Gasteiger partial charge in [-0.25, -0.2) is 8.42 Å². The predicted octanol–water partition coefficient (Wildman–Crippen LogP) is 1.52. The van der Waals surface area contributed by atoms with Crippen LogP contribution < -0.4 is 0 Å². The van der Waals surface area contributed by atoms with Gasteiger partial charge in [-0.05, 0) is 35.7 Å². The molecule has 1 aliphatic heterocycles. The molecule has 2 heterocycles. The third-order valence-electron chi connectivity index (χ3n) is 3.53. The summed E-state index contributed by atoms with van der Waals surface area (Å²) in [7, 11) is -3.52. The van der Waals surface area contributed by atoms with Crippen LogP contribution in [0.1, 0.15) is 16.9 Å². The lowest BCUT2D eigenvalue weighted by atomic mass is 10.1. The number of sulfonamides is 1. The maximum absolute atomic E-state index is 12.5. The molecule has 0 bridgehead atoms. The van der Waals surface area contributed by atoms with Gasteiger partial charge in [0, 0.05) is 6.54 Å². The van der Waals surface area contributed by atoms with Crippen molar-refractivity contribution >= 4 is 10.0 Å². The number of nitrogens with zero attached hydrogens (tertiary/aromatic N) is 1. The Morgan fingerprint density at radius 2 is 1.95 bits per heavy atom. The van der Waals surface area contributed by atoms with Crippen molar-refractivity contribution in [3.8, 4) is 0 Å². The Bertz CT molecular complexity index is 703. The van der Waals surface area contributed by atoms with Gasteiger partial charge in [-0.3, -0.25) is 0 Å². The van der Waals surface area contributed by atoms with E-state index < -0.39 is 10.0 Å². The van der Waals surface area contributed by atoms with Crippen molar-refractivity contribution in [3.63, 3.8) is 0 Å². The van der Waals surface area contributed by atoms with Gasteiger partial charge < -0.3 is 9.52 Å². The van der Waals surface area contributed by atoms with E-state index in [-0.39, 0.29) is 18.0 Å². The van der Waals surface area contributed by atoms with E-state index in [4.69, 9.17) is 9.52 Å². The molecule has 0 radical (unpaired) electrons. The van der Waals surface area contributed by atoms with E-state index in [2.05, 4.69) is 0 Å². The molecule has 0 fully saturated rings. The van der Waals surface area contributed by atoms with E-state index in [0.717, 1.165) is 5.56 Å². The molecule has 6 heteroatoms. The zero-order valence-electron chi connectivity index (χ0n) is 10.8. The second kappa shape index (κ2) is 5.05. The molecule has 5 nitrogen and oxygen atoms in total. The van der Waals surface area contributed by atoms with Crippen LogP contribution in [0, 0.1) is 0 Å². The monoisotopic (exact) mass is 293 g/mol. The molecule has 1 aromatic heterocycles. The second-order valence-electron chi connectivity index (χ2n) is 4.76. The van der Waals surface area contributed by atoms with E-state index in [0.29, 0.717) is 24.3 Å². The molecule has 0 atom stereocenters. The van der Waals surface area contributed by atoms with E-state index in [1.54, 1.807) is 18.4 Å². The first kappa shape index (κ1) is 13.4. The molecule has 0 unspecified atom stereocenters. The van der Waals surface area contributed by atoms with Gasteiger partial charge in [0.1, 0.15) is 5.76 Å². The number of aliphatic hydroxyl groups is 1. The van der Waals surface area contributed by atoms with Crippen molar-refractivity contribution in [1.82, 2.24) is 4.31 Å². The van der Waals surface area contributed by atoms with E-state index >= 15 is 0 Å². The molecule has 1 aliphatic rings. The Kier molecular flexibility index (Phi) is 3.37. The third-order valence-corrected chi connectivity index (χ3v) is 5.39. The van der Waals surface area contributed by atoms with Crippen LogP contribution >= 0.6 is 0 Å².